The first-order chi connectivity index (χ1) is 12.7. The monoisotopic (exact) mass is 354 g/mol. The van der Waals surface area contributed by atoms with Crippen LogP contribution >= 0.6 is 0 Å². The van der Waals surface area contributed by atoms with E-state index >= 15 is 0 Å². The maximum Gasteiger partial charge on any atom is 0.251 e. The van der Waals surface area contributed by atoms with Gasteiger partial charge in [-0.25, -0.2) is 0 Å². The van der Waals surface area contributed by atoms with Crippen LogP contribution in [0.3, 0.4) is 0 Å². The van der Waals surface area contributed by atoms with Crippen LogP contribution in [-0.2, 0) is 14.3 Å². The first-order valence-electron chi connectivity index (χ1n) is 8.62. The molecule has 1 atom stereocenters. The average molecular weight is 354 g/mol. The van der Waals surface area contributed by atoms with E-state index in [4.69, 9.17) is 9.47 Å². The van der Waals surface area contributed by atoms with E-state index in [1.807, 2.05) is 42.5 Å². The summed E-state index contributed by atoms with van der Waals surface area (Å²) in [5.74, 6) is -0.537. The van der Waals surface area contributed by atoms with E-state index in [0.29, 0.717) is 31.9 Å². The zero-order valence-corrected chi connectivity index (χ0v) is 14.4. The Kier molecular flexibility index (Phi) is 6.35. The molecule has 0 saturated carbocycles. The second-order valence-electron chi connectivity index (χ2n) is 6.00. The molecule has 1 saturated heterocycles. The van der Waals surface area contributed by atoms with Gasteiger partial charge in [-0.15, -0.1) is 0 Å². The van der Waals surface area contributed by atoms with Gasteiger partial charge in [-0.2, -0.15) is 0 Å². The smallest absolute Gasteiger partial charge is 0.251 e. The fraction of sp³-hybridized carbons (Fsp3) is 0.300. The van der Waals surface area contributed by atoms with Crippen LogP contribution in [0.2, 0.25) is 0 Å². The van der Waals surface area contributed by atoms with Gasteiger partial charge in [0.25, 0.3) is 5.91 Å². The highest BCUT2D eigenvalue weighted by molar-refractivity contribution is 5.96. The summed E-state index contributed by atoms with van der Waals surface area (Å²) >= 11 is 0. The summed E-state index contributed by atoms with van der Waals surface area (Å²) in [5.41, 5.74) is 2.64. The van der Waals surface area contributed by atoms with Gasteiger partial charge in [-0.3, -0.25) is 9.59 Å². The van der Waals surface area contributed by atoms with E-state index in [1.165, 1.54) is 0 Å². The topological polar surface area (TPSA) is 76.7 Å². The number of rotatable bonds is 6. The summed E-state index contributed by atoms with van der Waals surface area (Å²) < 4.78 is 10.7. The van der Waals surface area contributed by atoms with Gasteiger partial charge >= 0.3 is 0 Å². The first-order valence-corrected chi connectivity index (χ1v) is 8.62. The molecule has 0 spiro atoms. The molecule has 1 aliphatic rings. The predicted molar refractivity (Wildman–Crippen MR) is 97.8 cm³/mol. The second kappa shape index (κ2) is 9.12. The van der Waals surface area contributed by atoms with Crippen molar-refractivity contribution in [3.8, 4) is 11.1 Å². The Hall–Kier alpha value is -2.70. The molecule has 2 amide bonds. The van der Waals surface area contributed by atoms with Gasteiger partial charge in [-0.1, -0.05) is 42.5 Å². The molecule has 3 rings (SSSR count). The first kappa shape index (κ1) is 18.1. The van der Waals surface area contributed by atoms with E-state index in [9.17, 15) is 9.59 Å². The van der Waals surface area contributed by atoms with Crippen molar-refractivity contribution in [3.05, 3.63) is 60.2 Å². The number of nitrogens with one attached hydrogen (secondary N) is 2. The van der Waals surface area contributed by atoms with E-state index in [2.05, 4.69) is 10.6 Å². The normalized spacial score (nSPS) is 16.7. The summed E-state index contributed by atoms with van der Waals surface area (Å²) in [6.07, 6.45) is -0.131. The van der Waals surface area contributed by atoms with Crippen LogP contribution in [0.25, 0.3) is 11.1 Å². The van der Waals surface area contributed by atoms with Crippen LogP contribution in [0.4, 0.5) is 0 Å². The van der Waals surface area contributed by atoms with E-state index in [1.54, 1.807) is 12.1 Å². The molecule has 0 unspecified atom stereocenters. The van der Waals surface area contributed by atoms with Crippen LogP contribution in [-0.4, -0.2) is 50.8 Å². The number of hydrogen-bond donors (Lipinski definition) is 2. The molecule has 0 radical (unpaired) electrons. The third-order valence-electron chi connectivity index (χ3n) is 4.08. The minimum atomic E-state index is -0.281. The summed E-state index contributed by atoms with van der Waals surface area (Å²) in [6.45, 7) is 1.90. The number of carbonyl (C=O) groups excluding carboxylic acids is 2. The molecule has 2 aromatic carbocycles. The van der Waals surface area contributed by atoms with Crippen molar-refractivity contribution < 1.29 is 19.1 Å². The number of carbonyl (C=O) groups is 2. The van der Waals surface area contributed by atoms with Crippen molar-refractivity contribution in [2.24, 2.45) is 0 Å². The zero-order valence-electron chi connectivity index (χ0n) is 14.4. The quantitative estimate of drug-likeness (QED) is 0.826. The van der Waals surface area contributed by atoms with Gasteiger partial charge in [0, 0.05) is 12.1 Å². The number of amides is 2. The fourth-order valence-corrected chi connectivity index (χ4v) is 2.65. The van der Waals surface area contributed by atoms with Crippen molar-refractivity contribution in [3.63, 3.8) is 0 Å². The standard InChI is InChI=1S/C20H22N2O4/c23-19(21-12-18-14-25-10-11-26-18)13-22-20(24)17-8-6-16(7-9-17)15-4-2-1-3-5-15/h1-9,18H,10-14H2,(H,21,23)(H,22,24)/t18-/m0/s1. The van der Waals surface area contributed by atoms with Gasteiger partial charge in [-0.05, 0) is 23.3 Å². The number of benzene rings is 2. The van der Waals surface area contributed by atoms with Crippen molar-refractivity contribution >= 4 is 11.8 Å². The molecule has 2 aromatic rings. The molecular weight excluding hydrogens is 332 g/mol. The van der Waals surface area contributed by atoms with Crippen LogP contribution < -0.4 is 10.6 Å². The predicted octanol–water partition coefficient (Wildman–Crippen LogP) is 1.61. The van der Waals surface area contributed by atoms with Crippen molar-refractivity contribution in [2.45, 2.75) is 6.10 Å². The number of ether oxygens (including phenoxy) is 2. The second-order valence-corrected chi connectivity index (χ2v) is 6.00. The Balaban J connectivity index is 1.45. The SMILES string of the molecule is O=C(CNC(=O)c1ccc(-c2ccccc2)cc1)NC[C@H]1COCCO1. The van der Waals surface area contributed by atoms with Gasteiger partial charge in [0.2, 0.25) is 5.91 Å². The Bertz CT molecular complexity index is 725. The minimum Gasteiger partial charge on any atom is -0.376 e. The highest BCUT2D eigenvalue weighted by Gasteiger charge is 2.15. The third-order valence-corrected chi connectivity index (χ3v) is 4.08. The lowest BCUT2D eigenvalue weighted by atomic mass is 10.0. The maximum atomic E-state index is 12.2. The average Bonchev–Trinajstić information content (AvgIpc) is 2.72. The molecule has 6 heteroatoms. The van der Waals surface area contributed by atoms with Crippen LogP contribution in [0.15, 0.2) is 54.6 Å². The molecule has 6 nitrogen and oxygen atoms in total. The minimum absolute atomic E-state index is 0.0765. The molecule has 2 N–H and O–H groups in total. The summed E-state index contributed by atoms with van der Waals surface area (Å²) in [6, 6.07) is 17.2. The Labute approximate surface area is 152 Å². The van der Waals surface area contributed by atoms with Crippen LogP contribution in [0, 0.1) is 0 Å². The molecule has 0 bridgehead atoms. The van der Waals surface area contributed by atoms with E-state index in [0.717, 1.165) is 11.1 Å². The molecule has 136 valence electrons. The lowest BCUT2D eigenvalue weighted by Crippen LogP contribution is -2.43. The highest BCUT2D eigenvalue weighted by Crippen LogP contribution is 2.19. The Morgan fingerprint density at radius 2 is 1.65 bits per heavy atom. The van der Waals surface area contributed by atoms with Crippen LogP contribution in [0.1, 0.15) is 10.4 Å². The lowest BCUT2D eigenvalue weighted by Gasteiger charge is -2.23. The largest absolute Gasteiger partial charge is 0.376 e. The molecule has 1 fully saturated rings. The van der Waals surface area contributed by atoms with Gasteiger partial charge < -0.3 is 20.1 Å². The van der Waals surface area contributed by atoms with Crippen molar-refractivity contribution in [2.75, 3.05) is 32.9 Å². The summed E-state index contributed by atoms with van der Waals surface area (Å²) in [4.78, 5) is 24.0. The van der Waals surface area contributed by atoms with Crippen LogP contribution in [0.5, 0.6) is 0 Å². The Morgan fingerprint density at radius 1 is 0.923 bits per heavy atom. The van der Waals surface area contributed by atoms with Gasteiger partial charge in [0.1, 0.15) is 0 Å². The van der Waals surface area contributed by atoms with Gasteiger partial charge in [0.15, 0.2) is 0 Å². The lowest BCUT2D eigenvalue weighted by molar-refractivity contribution is -0.123. The highest BCUT2D eigenvalue weighted by atomic mass is 16.6. The van der Waals surface area contributed by atoms with Crippen molar-refractivity contribution in [1.82, 2.24) is 10.6 Å². The molecule has 1 heterocycles. The molecule has 1 aliphatic heterocycles. The van der Waals surface area contributed by atoms with Crippen molar-refractivity contribution in [1.29, 1.82) is 0 Å². The van der Waals surface area contributed by atoms with Gasteiger partial charge in [0.05, 0.1) is 32.5 Å². The fourth-order valence-electron chi connectivity index (χ4n) is 2.65. The molecule has 0 aromatic heterocycles. The zero-order chi connectivity index (χ0) is 18.2. The third kappa shape index (κ3) is 5.15. The maximum absolute atomic E-state index is 12.2. The summed E-state index contributed by atoms with van der Waals surface area (Å²) in [5, 5.41) is 5.35. The Morgan fingerprint density at radius 3 is 2.35 bits per heavy atom. The number of hydrogen-bond acceptors (Lipinski definition) is 4. The molecule has 0 aliphatic carbocycles. The molecule has 26 heavy (non-hydrogen) atoms. The van der Waals surface area contributed by atoms with E-state index in [-0.39, 0.29) is 24.5 Å². The van der Waals surface area contributed by atoms with E-state index < -0.39 is 0 Å². The molecular formula is C20H22N2O4. The summed E-state index contributed by atoms with van der Waals surface area (Å²) in [7, 11) is 0.